The van der Waals surface area contributed by atoms with Crippen LogP contribution in [0.1, 0.15) is 92.9 Å². The van der Waals surface area contributed by atoms with E-state index in [1.807, 2.05) is 13.8 Å². The standard InChI is InChI=1S/C31H54O3Si/c1-10-11-12-13-14-15-16-17-18-19-20-21-22-25-28(34-35(8,9)30(2,3)4)26-23-24-27-31(5,6)29(32)33-7/h11-12,14-15,17-18,20-22,25,28H,10,13,16,19,23-24,26-27H2,1-9H3/b12-11-,15-14-,18-17-,21-20-,25-22+. The second kappa shape index (κ2) is 17.7. The highest BCUT2D eigenvalue weighted by Gasteiger charge is 2.38. The molecular weight excluding hydrogens is 448 g/mol. The number of carbonyl (C=O) groups is 1. The van der Waals surface area contributed by atoms with Crippen LogP contribution in [0.5, 0.6) is 0 Å². The topological polar surface area (TPSA) is 35.5 Å². The molecule has 0 bridgehead atoms. The Balaban J connectivity index is 4.75. The third-order valence-corrected chi connectivity index (χ3v) is 11.2. The van der Waals surface area contributed by atoms with Crippen molar-refractivity contribution in [3.63, 3.8) is 0 Å². The summed E-state index contributed by atoms with van der Waals surface area (Å²) in [6.45, 7) is 17.5. The van der Waals surface area contributed by atoms with Crippen LogP contribution < -0.4 is 0 Å². The lowest BCUT2D eigenvalue weighted by molar-refractivity contribution is -0.151. The summed E-state index contributed by atoms with van der Waals surface area (Å²) in [5, 5.41) is 0.174. The number of hydrogen-bond donors (Lipinski definition) is 0. The second-order valence-electron chi connectivity index (χ2n) is 11.4. The number of rotatable bonds is 17. The maximum Gasteiger partial charge on any atom is 0.311 e. The Morgan fingerprint density at radius 3 is 1.89 bits per heavy atom. The van der Waals surface area contributed by atoms with E-state index in [1.165, 1.54) is 7.11 Å². The summed E-state index contributed by atoms with van der Waals surface area (Å²) in [5.74, 6) is -0.134. The quantitative estimate of drug-likeness (QED) is 0.0653. The van der Waals surface area contributed by atoms with Gasteiger partial charge in [-0.1, -0.05) is 101 Å². The van der Waals surface area contributed by atoms with Crippen molar-refractivity contribution in [3.8, 4) is 0 Å². The highest BCUT2D eigenvalue weighted by molar-refractivity contribution is 6.74. The summed E-state index contributed by atoms with van der Waals surface area (Å²) in [6, 6.07) is 0. The minimum absolute atomic E-state index is 0.101. The normalized spacial score (nSPS) is 14.9. The molecule has 0 N–H and O–H groups in total. The molecule has 0 radical (unpaired) electrons. The van der Waals surface area contributed by atoms with Crippen LogP contribution in [0, 0.1) is 5.41 Å². The van der Waals surface area contributed by atoms with Crippen molar-refractivity contribution in [1.82, 2.24) is 0 Å². The van der Waals surface area contributed by atoms with Crippen molar-refractivity contribution in [2.45, 2.75) is 117 Å². The summed E-state index contributed by atoms with van der Waals surface area (Å²) in [5.41, 5.74) is -0.432. The van der Waals surface area contributed by atoms with E-state index in [-0.39, 0.29) is 17.1 Å². The van der Waals surface area contributed by atoms with Crippen molar-refractivity contribution >= 4 is 14.3 Å². The molecule has 35 heavy (non-hydrogen) atoms. The lowest BCUT2D eigenvalue weighted by Crippen LogP contribution is -2.43. The van der Waals surface area contributed by atoms with Crippen molar-refractivity contribution in [2.75, 3.05) is 7.11 Å². The molecule has 0 aromatic rings. The summed E-state index contributed by atoms with van der Waals surface area (Å²) in [4.78, 5) is 11.9. The molecule has 0 saturated carbocycles. The molecule has 1 atom stereocenters. The first-order chi connectivity index (χ1) is 16.4. The van der Waals surface area contributed by atoms with Crippen LogP contribution in [0.15, 0.2) is 60.8 Å². The molecule has 0 aliphatic carbocycles. The molecule has 4 heteroatoms. The molecule has 0 rings (SSSR count). The van der Waals surface area contributed by atoms with Crippen LogP contribution >= 0.6 is 0 Å². The van der Waals surface area contributed by atoms with E-state index >= 15 is 0 Å². The van der Waals surface area contributed by atoms with E-state index in [4.69, 9.17) is 9.16 Å². The fourth-order valence-electron chi connectivity index (χ4n) is 3.27. The number of hydrogen-bond acceptors (Lipinski definition) is 3. The van der Waals surface area contributed by atoms with Gasteiger partial charge >= 0.3 is 5.97 Å². The van der Waals surface area contributed by atoms with Crippen LogP contribution in [-0.4, -0.2) is 27.5 Å². The van der Waals surface area contributed by atoms with Gasteiger partial charge in [0.25, 0.3) is 0 Å². The molecule has 0 aliphatic heterocycles. The van der Waals surface area contributed by atoms with E-state index in [9.17, 15) is 4.79 Å². The number of ether oxygens (including phenoxy) is 1. The molecule has 0 aliphatic rings. The van der Waals surface area contributed by atoms with Gasteiger partial charge in [-0.25, -0.2) is 0 Å². The minimum Gasteiger partial charge on any atom is -0.469 e. The Morgan fingerprint density at radius 2 is 1.37 bits per heavy atom. The molecule has 0 aromatic heterocycles. The number of unbranched alkanes of at least 4 members (excludes halogenated alkanes) is 1. The molecule has 0 amide bonds. The van der Waals surface area contributed by atoms with Gasteiger partial charge in [0.05, 0.1) is 18.6 Å². The first kappa shape index (κ1) is 33.3. The van der Waals surface area contributed by atoms with Gasteiger partial charge in [0.1, 0.15) is 0 Å². The van der Waals surface area contributed by atoms with Crippen LogP contribution in [0.2, 0.25) is 18.1 Å². The van der Waals surface area contributed by atoms with E-state index in [1.54, 1.807) is 0 Å². The molecular formula is C31H54O3Si. The Hall–Kier alpha value is -1.65. The van der Waals surface area contributed by atoms with Crippen LogP contribution in [0.3, 0.4) is 0 Å². The van der Waals surface area contributed by atoms with Crippen LogP contribution in [0.4, 0.5) is 0 Å². The van der Waals surface area contributed by atoms with E-state index in [0.717, 1.165) is 51.4 Å². The number of methoxy groups -OCH3 is 1. The number of esters is 1. The highest BCUT2D eigenvalue weighted by Crippen LogP contribution is 2.38. The van der Waals surface area contributed by atoms with Gasteiger partial charge in [0.15, 0.2) is 8.32 Å². The SMILES string of the molecule is CC/C=C\C/C=C\C/C=C\C/C=C\C=C\C(CCCCC(C)(C)C(=O)OC)O[Si](C)(C)C(C)(C)C. The van der Waals surface area contributed by atoms with Crippen molar-refractivity contribution in [1.29, 1.82) is 0 Å². The smallest absolute Gasteiger partial charge is 0.311 e. The van der Waals surface area contributed by atoms with Crippen LogP contribution in [0.25, 0.3) is 0 Å². The molecule has 3 nitrogen and oxygen atoms in total. The Labute approximate surface area is 218 Å². The Kier molecular flexibility index (Phi) is 16.9. The lowest BCUT2D eigenvalue weighted by Gasteiger charge is -2.38. The zero-order valence-electron chi connectivity index (χ0n) is 24.2. The maximum atomic E-state index is 11.9. The molecule has 0 saturated heterocycles. The average Bonchev–Trinajstić information content (AvgIpc) is 2.77. The molecule has 0 heterocycles. The van der Waals surface area contributed by atoms with Gasteiger partial charge in [-0.05, 0) is 70.5 Å². The molecule has 200 valence electrons. The van der Waals surface area contributed by atoms with Gasteiger partial charge in [-0.2, -0.15) is 0 Å². The Morgan fingerprint density at radius 1 is 0.829 bits per heavy atom. The van der Waals surface area contributed by atoms with Gasteiger partial charge < -0.3 is 9.16 Å². The third kappa shape index (κ3) is 15.9. The van der Waals surface area contributed by atoms with Gasteiger partial charge in [0, 0.05) is 0 Å². The van der Waals surface area contributed by atoms with Gasteiger partial charge in [0.2, 0.25) is 0 Å². The average molecular weight is 503 g/mol. The first-order valence-electron chi connectivity index (χ1n) is 13.4. The van der Waals surface area contributed by atoms with E-state index in [0.29, 0.717) is 0 Å². The summed E-state index contributed by atoms with van der Waals surface area (Å²) in [6.07, 6.45) is 29.9. The van der Waals surface area contributed by atoms with E-state index in [2.05, 4.69) is 102 Å². The monoisotopic (exact) mass is 502 g/mol. The number of carbonyl (C=O) groups excluding carboxylic acids is 1. The summed E-state index contributed by atoms with van der Waals surface area (Å²) in [7, 11) is -0.401. The zero-order valence-corrected chi connectivity index (χ0v) is 25.2. The predicted octanol–water partition coefficient (Wildman–Crippen LogP) is 9.50. The molecule has 1 unspecified atom stereocenters. The summed E-state index contributed by atoms with van der Waals surface area (Å²) >= 11 is 0. The minimum atomic E-state index is -1.86. The number of allylic oxidation sites excluding steroid dienone is 9. The second-order valence-corrected chi connectivity index (χ2v) is 16.1. The Bertz CT molecular complexity index is 718. The summed E-state index contributed by atoms with van der Waals surface area (Å²) < 4.78 is 11.7. The zero-order chi connectivity index (χ0) is 26.8. The lowest BCUT2D eigenvalue weighted by atomic mass is 9.87. The van der Waals surface area contributed by atoms with Crippen LogP contribution in [-0.2, 0) is 14.0 Å². The largest absolute Gasteiger partial charge is 0.469 e. The van der Waals surface area contributed by atoms with Crippen molar-refractivity contribution < 1.29 is 14.0 Å². The van der Waals surface area contributed by atoms with Gasteiger partial charge in [-0.15, -0.1) is 0 Å². The molecule has 0 aromatic carbocycles. The van der Waals surface area contributed by atoms with Crippen molar-refractivity contribution in [3.05, 3.63) is 60.8 Å². The highest BCUT2D eigenvalue weighted by atomic mass is 28.4. The predicted molar refractivity (Wildman–Crippen MR) is 156 cm³/mol. The third-order valence-electron chi connectivity index (χ3n) is 6.66. The van der Waals surface area contributed by atoms with Crippen molar-refractivity contribution in [2.24, 2.45) is 5.41 Å². The first-order valence-corrected chi connectivity index (χ1v) is 16.3. The molecule has 0 fully saturated rings. The fourth-order valence-corrected chi connectivity index (χ4v) is 4.58. The molecule has 0 spiro atoms. The van der Waals surface area contributed by atoms with E-state index < -0.39 is 13.7 Å². The van der Waals surface area contributed by atoms with Gasteiger partial charge in [-0.3, -0.25) is 4.79 Å². The maximum absolute atomic E-state index is 11.9. The fraction of sp³-hybridized carbons (Fsp3) is 0.645.